The zero-order valence-electron chi connectivity index (χ0n) is 6.32. The molecule has 0 spiro atoms. The maximum Gasteiger partial charge on any atom is 0.509 e. The lowest BCUT2D eigenvalue weighted by Crippen LogP contribution is -2.33. The number of rotatable bonds is 2. The number of hydrogen-bond acceptors (Lipinski definition) is 5. The summed E-state index contributed by atoms with van der Waals surface area (Å²) in [6.45, 7) is 0.902. The standard InChI is InChI=1S/C6H9ClO5/c7-3-11-6(8)12-5-1-9-4-10-2-5/h5H,1-4H2. The number of carbonyl (C=O) groups is 1. The van der Waals surface area contributed by atoms with Crippen LogP contribution in [0.1, 0.15) is 0 Å². The minimum absolute atomic E-state index is 0.215. The van der Waals surface area contributed by atoms with E-state index in [9.17, 15) is 4.79 Å². The third-order valence-electron chi connectivity index (χ3n) is 1.21. The fraction of sp³-hybridized carbons (Fsp3) is 0.833. The van der Waals surface area contributed by atoms with Gasteiger partial charge in [0.2, 0.25) is 0 Å². The van der Waals surface area contributed by atoms with Gasteiger partial charge in [0.25, 0.3) is 0 Å². The predicted molar refractivity (Wildman–Crippen MR) is 38.8 cm³/mol. The lowest BCUT2D eigenvalue weighted by molar-refractivity contribution is -0.157. The normalized spacial score (nSPS) is 18.8. The highest BCUT2D eigenvalue weighted by Gasteiger charge is 2.19. The van der Waals surface area contributed by atoms with Gasteiger partial charge in [0, 0.05) is 0 Å². The van der Waals surface area contributed by atoms with Gasteiger partial charge in [0.15, 0.2) is 12.2 Å². The van der Waals surface area contributed by atoms with Crippen LogP contribution in [-0.2, 0) is 18.9 Å². The van der Waals surface area contributed by atoms with Crippen LogP contribution in [0.25, 0.3) is 0 Å². The molecule has 1 heterocycles. The molecule has 0 aromatic carbocycles. The van der Waals surface area contributed by atoms with Crippen LogP contribution < -0.4 is 0 Å². The second kappa shape index (κ2) is 5.18. The van der Waals surface area contributed by atoms with Crippen LogP contribution in [0, 0.1) is 0 Å². The lowest BCUT2D eigenvalue weighted by Gasteiger charge is -2.21. The number of alkyl halides is 1. The van der Waals surface area contributed by atoms with Gasteiger partial charge in [-0.15, -0.1) is 0 Å². The van der Waals surface area contributed by atoms with Crippen molar-refractivity contribution in [2.45, 2.75) is 6.10 Å². The molecular weight excluding hydrogens is 188 g/mol. The highest BCUT2D eigenvalue weighted by molar-refractivity contribution is 6.17. The van der Waals surface area contributed by atoms with E-state index in [1.165, 1.54) is 0 Å². The highest BCUT2D eigenvalue weighted by Crippen LogP contribution is 2.03. The number of hydrogen-bond donors (Lipinski definition) is 0. The van der Waals surface area contributed by atoms with Crippen LogP contribution in [0.15, 0.2) is 0 Å². The first-order valence-corrected chi connectivity index (χ1v) is 3.91. The molecule has 6 heteroatoms. The van der Waals surface area contributed by atoms with Gasteiger partial charge in [-0.1, -0.05) is 11.6 Å². The second-order valence-corrected chi connectivity index (χ2v) is 2.32. The first kappa shape index (κ1) is 9.57. The number of carbonyl (C=O) groups excluding carboxylic acids is 1. The molecule has 1 aliphatic rings. The SMILES string of the molecule is O=C(OCCl)OC1COCOC1. The van der Waals surface area contributed by atoms with E-state index < -0.39 is 12.3 Å². The Kier molecular flexibility index (Phi) is 4.13. The minimum Gasteiger partial charge on any atom is -0.426 e. The van der Waals surface area contributed by atoms with Gasteiger partial charge in [-0.2, -0.15) is 0 Å². The molecule has 1 saturated heterocycles. The maximum absolute atomic E-state index is 10.7. The molecule has 5 nitrogen and oxygen atoms in total. The second-order valence-electron chi connectivity index (χ2n) is 2.10. The molecule has 0 N–H and O–H groups in total. The first-order chi connectivity index (χ1) is 5.83. The maximum atomic E-state index is 10.7. The smallest absolute Gasteiger partial charge is 0.426 e. The quantitative estimate of drug-likeness (QED) is 0.481. The van der Waals surface area contributed by atoms with Gasteiger partial charge >= 0.3 is 6.16 Å². The molecule has 0 aliphatic carbocycles. The Labute approximate surface area is 74.5 Å². The summed E-state index contributed by atoms with van der Waals surface area (Å²) >= 11 is 5.13. The summed E-state index contributed by atoms with van der Waals surface area (Å²) in [5, 5.41) is 0. The Morgan fingerprint density at radius 2 is 2.17 bits per heavy atom. The molecule has 0 aromatic heterocycles. The van der Waals surface area contributed by atoms with Gasteiger partial charge in [-0.25, -0.2) is 4.79 Å². The molecular formula is C6H9ClO5. The lowest BCUT2D eigenvalue weighted by atomic mass is 10.4. The van der Waals surface area contributed by atoms with E-state index in [4.69, 9.17) is 25.8 Å². The van der Waals surface area contributed by atoms with Crippen LogP contribution in [0.2, 0.25) is 0 Å². The summed E-state index contributed by atoms with van der Waals surface area (Å²) in [5.41, 5.74) is 0. The van der Waals surface area contributed by atoms with E-state index in [0.29, 0.717) is 13.2 Å². The molecule has 70 valence electrons. The van der Waals surface area contributed by atoms with E-state index in [1.807, 2.05) is 0 Å². The molecule has 0 atom stereocenters. The first-order valence-electron chi connectivity index (χ1n) is 3.38. The monoisotopic (exact) mass is 196 g/mol. The van der Waals surface area contributed by atoms with E-state index in [2.05, 4.69) is 4.74 Å². The van der Waals surface area contributed by atoms with Crippen molar-refractivity contribution >= 4 is 17.8 Å². The fourth-order valence-electron chi connectivity index (χ4n) is 0.749. The Bertz CT molecular complexity index is 145. The predicted octanol–water partition coefficient (Wildman–Crippen LogP) is 0.709. The molecule has 1 aliphatic heterocycles. The van der Waals surface area contributed by atoms with Crippen LogP contribution in [0.5, 0.6) is 0 Å². The van der Waals surface area contributed by atoms with Crippen LogP contribution >= 0.6 is 11.6 Å². The molecule has 1 rings (SSSR count). The fourth-order valence-corrected chi connectivity index (χ4v) is 0.838. The van der Waals surface area contributed by atoms with E-state index in [-0.39, 0.29) is 12.9 Å². The summed E-state index contributed by atoms with van der Waals surface area (Å²) in [5.74, 6) is 0. The average molecular weight is 197 g/mol. The molecule has 0 amide bonds. The van der Waals surface area contributed by atoms with Gasteiger partial charge in [0.1, 0.15) is 6.79 Å². The van der Waals surface area contributed by atoms with Gasteiger partial charge in [0.05, 0.1) is 13.2 Å². The summed E-state index contributed by atoms with van der Waals surface area (Å²) in [6, 6.07) is -0.215. The van der Waals surface area contributed by atoms with E-state index >= 15 is 0 Å². The van der Waals surface area contributed by atoms with Crippen molar-refractivity contribution in [3.8, 4) is 0 Å². The minimum atomic E-state index is -0.802. The number of halogens is 1. The molecule has 0 bridgehead atoms. The number of ether oxygens (including phenoxy) is 4. The molecule has 0 unspecified atom stereocenters. The summed E-state index contributed by atoms with van der Waals surface area (Å²) in [4.78, 5) is 10.7. The van der Waals surface area contributed by atoms with Crippen LogP contribution in [-0.4, -0.2) is 38.3 Å². The summed E-state index contributed by atoms with van der Waals surface area (Å²) in [6.07, 6.45) is -1.20. The van der Waals surface area contributed by atoms with Crippen molar-refractivity contribution in [2.75, 3.05) is 26.1 Å². The summed E-state index contributed by atoms with van der Waals surface area (Å²) < 4.78 is 18.8. The highest BCUT2D eigenvalue weighted by atomic mass is 35.5. The average Bonchev–Trinajstić information content (AvgIpc) is 2.06. The van der Waals surface area contributed by atoms with Crippen molar-refractivity contribution < 1.29 is 23.7 Å². The van der Waals surface area contributed by atoms with Crippen LogP contribution in [0.4, 0.5) is 4.79 Å². The Morgan fingerprint density at radius 1 is 1.50 bits per heavy atom. The van der Waals surface area contributed by atoms with Gasteiger partial charge in [-0.05, 0) is 0 Å². The zero-order chi connectivity index (χ0) is 8.81. The molecule has 12 heavy (non-hydrogen) atoms. The van der Waals surface area contributed by atoms with E-state index in [0.717, 1.165) is 0 Å². The van der Waals surface area contributed by atoms with Crippen molar-refractivity contribution in [3.05, 3.63) is 0 Å². The Balaban J connectivity index is 2.15. The molecule has 0 radical (unpaired) electrons. The molecule has 0 saturated carbocycles. The molecule has 1 fully saturated rings. The largest absolute Gasteiger partial charge is 0.509 e. The third-order valence-corrected chi connectivity index (χ3v) is 1.32. The third kappa shape index (κ3) is 3.25. The zero-order valence-corrected chi connectivity index (χ0v) is 7.08. The van der Waals surface area contributed by atoms with Crippen molar-refractivity contribution in [1.82, 2.24) is 0 Å². The topological polar surface area (TPSA) is 54.0 Å². The van der Waals surface area contributed by atoms with Gasteiger partial charge < -0.3 is 18.9 Å². The van der Waals surface area contributed by atoms with E-state index in [1.54, 1.807) is 0 Å². The van der Waals surface area contributed by atoms with Crippen molar-refractivity contribution in [1.29, 1.82) is 0 Å². The van der Waals surface area contributed by atoms with Gasteiger partial charge in [-0.3, -0.25) is 0 Å². The Hall–Kier alpha value is -0.520. The Morgan fingerprint density at radius 3 is 2.75 bits per heavy atom. The summed E-state index contributed by atoms with van der Waals surface area (Å²) in [7, 11) is 0. The van der Waals surface area contributed by atoms with Crippen molar-refractivity contribution in [2.24, 2.45) is 0 Å². The van der Waals surface area contributed by atoms with Crippen molar-refractivity contribution in [3.63, 3.8) is 0 Å². The molecule has 0 aromatic rings. The van der Waals surface area contributed by atoms with Crippen LogP contribution in [0.3, 0.4) is 0 Å².